The summed E-state index contributed by atoms with van der Waals surface area (Å²) < 4.78 is 1.98. The van der Waals surface area contributed by atoms with Crippen LogP contribution in [0.15, 0.2) is 18.3 Å². The van der Waals surface area contributed by atoms with Gasteiger partial charge >= 0.3 is 5.97 Å². The van der Waals surface area contributed by atoms with E-state index >= 15 is 0 Å². The van der Waals surface area contributed by atoms with Crippen molar-refractivity contribution >= 4 is 11.6 Å². The van der Waals surface area contributed by atoms with Crippen molar-refractivity contribution in [3.8, 4) is 0 Å². The summed E-state index contributed by atoms with van der Waals surface area (Å²) in [5.41, 5.74) is 3.91. The Morgan fingerprint density at radius 3 is 2.88 bits per heavy atom. The van der Waals surface area contributed by atoms with Gasteiger partial charge < -0.3 is 9.51 Å². The largest absolute Gasteiger partial charge is 0.481 e. The predicted molar refractivity (Wildman–Crippen MR) is 60.6 cm³/mol. The number of rotatable bonds is 3. The molecule has 0 atom stereocenters. The summed E-state index contributed by atoms with van der Waals surface area (Å²) in [6, 6.07) is 3.95. The number of aryl methyl sites for hydroxylation is 3. The highest BCUT2D eigenvalue weighted by molar-refractivity contribution is 5.67. The van der Waals surface area contributed by atoms with E-state index in [0.29, 0.717) is 6.42 Å². The van der Waals surface area contributed by atoms with E-state index in [9.17, 15) is 4.79 Å². The molecule has 0 saturated carbocycles. The fourth-order valence-electron chi connectivity index (χ4n) is 1.84. The highest BCUT2D eigenvalue weighted by Crippen LogP contribution is 2.14. The smallest absolute Gasteiger partial charge is 0.303 e. The van der Waals surface area contributed by atoms with Gasteiger partial charge in [0.1, 0.15) is 5.65 Å². The van der Waals surface area contributed by atoms with Gasteiger partial charge in [0.05, 0.1) is 12.1 Å². The van der Waals surface area contributed by atoms with Crippen molar-refractivity contribution in [2.45, 2.75) is 26.7 Å². The van der Waals surface area contributed by atoms with Crippen molar-refractivity contribution in [3.05, 3.63) is 35.3 Å². The van der Waals surface area contributed by atoms with Crippen LogP contribution in [0.25, 0.3) is 5.65 Å². The standard InChI is InChI=1S/C12H14N2O2/c1-8-3-5-11-13-9(2)10(14(11)7-8)4-6-12(15)16/h3,5,7H,4,6H2,1-2H3,(H,15,16). The highest BCUT2D eigenvalue weighted by Gasteiger charge is 2.09. The molecule has 0 bridgehead atoms. The topological polar surface area (TPSA) is 54.6 Å². The van der Waals surface area contributed by atoms with E-state index in [1.54, 1.807) is 0 Å². The van der Waals surface area contributed by atoms with E-state index in [0.717, 1.165) is 22.6 Å². The predicted octanol–water partition coefficient (Wildman–Crippen LogP) is 1.97. The van der Waals surface area contributed by atoms with Crippen LogP contribution in [0.5, 0.6) is 0 Å². The zero-order valence-electron chi connectivity index (χ0n) is 9.40. The molecule has 0 unspecified atom stereocenters. The second kappa shape index (κ2) is 3.96. The summed E-state index contributed by atoms with van der Waals surface area (Å²) >= 11 is 0. The molecule has 0 spiro atoms. The number of carboxylic acid groups (broad SMARTS) is 1. The average Bonchev–Trinajstić information content (AvgIpc) is 2.51. The molecule has 0 aliphatic heterocycles. The molecule has 2 rings (SSSR count). The summed E-state index contributed by atoms with van der Waals surface area (Å²) in [6.07, 6.45) is 2.65. The Kier molecular flexibility index (Phi) is 2.64. The SMILES string of the molecule is Cc1ccc2nc(C)c(CCC(=O)O)n2c1. The van der Waals surface area contributed by atoms with Crippen LogP contribution in [0, 0.1) is 13.8 Å². The Bertz CT molecular complexity index is 543. The molecule has 4 heteroatoms. The van der Waals surface area contributed by atoms with E-state index in [1.807, 2.05) is 36.6 Å². The maximum absolute atomic E-state index is 10.6. The molecule has 0 amide bonds. The first kappa shape index (κ1) is 10.7. The summed E-state index contributed by atoms with van der Waals surface area (Å²) in [5.74, 6) is -0.776. The number of nitrogens with zero attached hydrogens (tertiary/aromatic N) is 2. The maximum atomic E-state index is 10.6. The van der Waals surface area contributed by atoms with Crippen LogP contribution in [0.2, 0.25) is 0 Å². The lowest BCUT2D eigenvalue weighted by atomic mass is 10.2. The molecule has 1 N–H and O–H groups in total. The van der Waals surface area contributed by atoms with Crippen LogP contribution >= 0.6 is 0 Å². The van der Waals surface area contributed by atoms with E-state index in [2.05, 4.69) is 4.98 Å². The maximum Gasteiger partial charge on any atom is 0.303 e. The van der Waals surface area contributed by atoms with Crippen LogP contribution < -0.4 is 0 Å². The Morgan fingerprint density at radius 2 is 2.19 bits per heavy atom. The summed E-state index contributed by atoms with van der Waals surface area (Å²) in [5, 5.41) is 8.70. The second-order valence-electron chi connectivity index (χ2n) is 3.97. The van der Waals surface area contributed by atoms with Crippen molar-refractivity contribution in [1.29, 1.82) is 0 Å². The van der Waals surface area contributed by atoms with Crippen LogP contribution in [0.4, 0.5) is 0 Å². The van der Waals surface area contributed by atoms with Crippen LogP contribution in [0.3, 0.4) is 0 Å². The number of hydrogen-bond acceptors (Lipinski definition) is 2. The van der Waals surface area contributed by atoms with Crippen molar-refractivity contribution in [2.24, 2.45) is 0 Å². The van der Waals surface area contributed by atoms with Gasteiger partial charge in [0.2, 0.25) is 0 Å². The number of carbonyl (C=O) groups is 1. The van der Waals surface area contributed by atoms with E-state index < -0.39 is 5.97 Å². The molecule has 0 saturated heterocycles. The zero-order chi connectivity index (χ0) is 11.7. The number of aliphatic carboxylic acids is 1. The number of carboxylic acids is 1. The minimum absolute atomic E-state index is 0.141. The van der Waals surface area contributed by atoms with Gasteiger partial charge in [-0.15, -0.1) is 0 Å². The Hall–Kier alpha value is -1.84. The first-order chi connectivity index (χ1) is 7.58. The quantitative estimate of drug-likeness (QED) is 0.856. The van der Waals surface area contributed by atoms with Gasteiger partial charge in [-0.05, 0) is 25.5 Å². The third-order valence-electron chi connectivity index (χ3n) is 2.64. The lowest BCUT2D eigenvalue weighted by molar-refractivity contribution is -0.136. The van der Waals surface area contributed by atoms with Gasteiger partial charge in [-0.3, -0.25) is 4.79 Å². The summed E-state index contributed by atoms with van der Waals surface area (Å²) in [7, 11) is 0. The van der Waals surface area contributed by atoms with Gasteiger partial charge in [0.25, 0.3) is 0 Å². The molecule has 0 radical (unpaired) electrons. The molecular weight excluding hydrogens is 204 g/mol. The minimum atomic E-state index is -0.776. The molecule has 0 aromatic carbocycles. The molecule has 0 fully saturated rings. The van der Waals surface area contributed by atoms with Crippen molar-refractivity contribution < 1.29 is 9.90 Å². The van der Waals surface area contributed by atoms with Crippen LogP contribution in [0.1, 0.15) is 23.4 Å². The molecule has 16 heavy (non-hydrogen) atoms. The molecule has 0 aliphatic carbocycles. The van der Waals surface area contributed by atoms with Crippen molar-refractivity contribution in [3.63, 3.8) is 0 Å². The highest BCUT2D eigenvalue weighted by atomic mass is 16.4. The van der Waals surface area contributed by atoms with E-state index in [1.165, 1.54) is 0 Å². The second-order valence-corrected chi connectivity index (χ2v) is 3.97. The first-order valence-corrected chi connectivity index (χ1v) is 5.24. The molecule has 2 heterocycles. The third-order valence-corrected chi connectivity index (χ3v) is 2.64. The molecule has 2 aromatic heterocycles. The third kappa shape index (κ3) is 1.91. The Balaban J connectivity index is 2.45. The lowest BCUT2D eigenvalue weighted by Crippen LogP contribution is -2.01. The van der Waals surface area contributed by atoms with Gasteiger partial charge in [-0.1, -0.05) is 6.07 Å². The van der Waals surface area contributed by atoms with E-state index in [4.69, 9.17) is 5.11 Å². The number of fused-ring (bicyclic) bond motifs is 1. The molecule has 4 nitrogen and oxygen atoms in total. The zero-order valence-corrected chi connectivity index (χ0v) is 9.40. The normalized spacial score (nSPS) is 10.9. The molecular formula is C12H14N2O2. The number of pyridine rings is 1. The van der Waals surface area contributed by atoms with Crippen LogP contribution in [-0.2, 0) is 11.2 Å². The average molecular weight is 218 g/mol. The first-order valence-electron chi connectivity index (χ1n) is 5.24. The molecule has 2 aromatic rings. The van der Waals surface area contributed by atoms with Gasteiger partial charge in [-0.25, -0.2) is 4.98 Å². The monoisotopic (exact) mass is 218 g/mol. The Labute approximate surface area is 93.5 Å². The van der Waals surface area contributed by atoms with E-state index in [-0.39, 0.29) is 6.42 Å². The summed E-state index contributed by atoms with van der Waals surface area (Å²) in [6.45, 7) is 3.93. The van der Waals surface area contributed by atoms with Crippen molar-refractivity contribution in [2.75, 3.05) is 0 Å². The Morgan fingerprint density at radius 1 is 1.44 bits per heavy atom. The molecule has 84 valence electrons. The number of imidazole rings is 1. The number of hydrogen-bond donors (Lipinski definition) is 1. The summed E-state index contributed by atoms with van der Waals surface area (Å²) in [4.78, 5) is 15.0. The van der Waals surface area contributed by atoms with Gasteiger partial charge in [0.15, 0.2) is 0 Å². The lowest BCUT2D eigenvalue weighted by Gasteiger charge is -2.02. The molecule has 0 aliphatic rings. The fourth-order valence-corrected chi connectivity index (χ4v) is 1.84. The fraction of sp³-hybridized carbons (Fsp3) is 0.333. The van der Waals surface area contributed by atoms with Gasteiger partial charge in [-0.2, -0.15) is 0 Å². The number of aromatic nitrogens is 2. The van der Waals surface area contributed by atoms with Gasteiger partial charge in [0, 0.05) is 18.3 Å². The van der Waals surface area contributed by atoms with Crippen LogP contribution in [-0.4, -0.2) is 20.5 Å². The minimum Gasteiger partial charge on any atom is -0.481 e. The van der Waals surface area contributed by atoms with Crippen molar-refractivity contribution in [1.82, 2.24) is 9.38 Å².